The molecule has 0 fully saturated rings. The van der Waals surface area contributed by atoms with Crippen molar-refractivity contribution < 1.29 is 19.4 Å². The van der Waals surface area contributed by atoms with Crippen LogP contribution in [-0.4, -0.2) is 17.0 Å². The molecular weight excluding hydrogens is 292 g/mol. The molecule has 1 N–H and O–H groups in total. The molecule has 3 rings (SSSR count). The van der Waals surface area contributed by atoms with Gasteiger partial charge in [0.25, 0.3) is 0 Å². The third-order valence-electron chi connectivity index (χ3n) is 4.08. The summed E-state index contributed by atoms with van der Waals surface area (Å²) in [6.45, 7) is 3.53. The Morgan fingerprint density at radius 2 is 1.70 bits per heavy atom. The van der Waals surface area contributed by atoms with Gasteiger partial charge in [0.15, 0.2) is 0 Å². The van der Waals surface area contributed by atoms with E-state index in [-0.39, 0.29) is 11.1 Å². The smallest absolute Gasteiger partial charge is 0.339 e. The van der Waals surface area contributed by atoms with Gasteiger partial charge < -0.3 is 9.84 Å². The van der Waals surface area contributed by atoms with E-state index in [4.69, 9.17) is 9.84 Å². The summed E-state index contributed by atoms with van der Waals surface area (Å²) in [4.78, 5) is 23.7. The zero-order chi connectivity index (χ0) is 16.6. The molecule has 2 aromatic rings. The number of hydrogen-bond donors (Lipinski definition) is 1. The van der Waals surface area contributed by atoms with Crippen molar-refractivity contribution in [3.05, 3.63) is 75.9 Å². The Hall–Kier alpha value is -2.88. The number of hydrogen-bond acceptors (Lipinski definition) is 3. The van der Waals surface area contributed by atoms with Crippen molar-refractivity contribution in [2.75, 3.05) is 0 Å². The van der Waals surface area contributed by atoms with Crippen molar-refractivity contribution in [3.63, 3.8) is 0 Å². The predicted molar refractivity (Wildman–Crippen MR) is 86.4 cm³/mol. The number of carbonyl (C=O) groups excluding carboxylic acids is 1. The summed E-state index contributed by atoms with van der Waals surface area (Å²) in [5.41, 5.74) is 3.74. The standard InChI is InChI=1S/C19H16O4/c1-11-10-13-6-3-4-7-16(13)17(11)23-19(22)15-9-5-8-14(12(15)2)18(20)21/h3-10,17H,1-2H3,(H,20,21). The van der Waals surface area contributed by atoms with E-state index in [1.54, 1.807) is 19.1 Å². The molecule has 1 aliphatic carbocycles. The first-order chi connectivity index (χ1) is 11.0. The van der Waals surface area contributed by atoms with Crippen LogP contribution in [-0.2, 0) is 4.74 Å². The molecule has 0 spiro atoms. The molecular formula is C19H16O4. The Morgan fingerprint density at radius 3 is 2.43 bits per heavy atom. The summed E-state index contributed by atoms with van der Waals surface area (Å²) in [7, 11) is 0. The second kappa shape index (κ2) is 5.72. The predicted octanol–water partition coefficient (Wildman–Crippen LogP) is 4.01. The lowest BCUT2D eigenvalue weighted by Crippen LogP contribution is -2.14. The highest BCUT2D eigenvalue weighted by Crippen LogP contribution is 2.37. The lowest BCUT2D eigenvalue weighted by Gasteiger charge is -2.17. The van der Waals surface area contributed by atoms with Crippen molar-refractivity contribution in [3.8, 4) is 0 Å². The maximum atomic E-state index is 12.5. The molecule has 1 aliphatic rings. The zero-order valence-corrected chi connectivity index (χ0v) is 12.9. The number of esters is 1. The summed E-state index contributed by atoms with van der Waals surface area (Å²) in [6.07, 6.45) is 1.57. The van der Waals surface area contributed by atoms with E-state index in [9.17, 15) is 9.59 Å². The van der Waals surface area contributed by atoms with Crippen molar-refractivity contribution in [2.45, 2.75) is 20.0 Å². The second-order valence-corrected chi connectivity index (χ2v) is 5.59. The first kappa shape index (κ1) is 15.0. The van der Waals surface area contributed by atoms with E-state index in [0.29, 0.717) is 5.56 Å². The minimum atomic E-state index is -1.06. The van der Waals surface area contributed by atoms with E-state index in [0.717, 1.165) is 16.7 Å². The van der Waals surface area contributed by atoms with Gasteiger partial charge in [-0.1, -0.05) is 36.4 Å². The van der Waals surface area contributed by atoms with Gasteiger partial charge in [-0.3, -0.25) is 0 Å². The molecule has 23 heavy (non-hydrogen) atoms. The summed E-state index contributed by atoms with van der Waals surface area (Å²) in [5, 5.41) is 9.17. The van der Waals surface area contributed by atoms with Gasteiger partial charge in [-0.2, -0.15) is 0 Å². The average molecular weight is 308 g/mol. The molecule has 0 radical (unpaired) electrons. The molecule has 0 saturated carbocycles. The van der Waals surface area contributed by atoms with Crippen LogP contribution in [0.1, 0.15) is 50.4 Å². The molecule has 4 nitrogen and oxygen atoms in total. The maximum absolute atomic E-state index is 12.5. The largest absolute Gasteiger partial charge is 0.478 e. The molecule has 0 aromatic heterocycles. The van der Waals surface area contributed by atoms with Gasteiger partial charge in [-0.25, -0.2) is 9.59 Å². The third-order valence-corrected chi connectivity index (χ3v) is 4.08. The third kappa shape index (κ3) is 2.63. The summed E-state index contributed by atoms with van der Waals surface area (Å²) >= 11 is 0. The average Bonchev–Trinajstić information content (AvgIpc) is 2.83. The number of carbonyl (C=O) groups is 2. The lowest BCUT2D eigenvalue weighted by atomic mass is 10.0. The van der Waals surface area contributed by atoms with Gasteiger partial charge in [-0.15, -0.1) is 0 Å². The molecule has 0 aliphatic heterocycles. The Morgan fingerprint density at radius 1 is 1.00 bits per heavy atom. The van der Waals surface area contributed by atoms with Crippen molar-refractivity contribution in [1.29, 1.82) is 0 Å². The fourth-order valence-corrected chi connectivity index (χ4v) is 2.86. The zero-order valence-electron chi connectivity index (χ0n) is 12.9. The molecule has 2 aromatic carbocycles. The molecule has 0 heterocycles. The van der Waals surface area contributed by atoms with E-state index >= 15 is 0 Å². The fraction of sp³-hybridized carbons (Fsp3) is 0.158. The Labute approximate surface area is 134 Å². The molecule has 0 amide bonds. The summed E-state index contributed by atoms with van der Waals surface area (Å²) in [6, 6.07) is 12.4. The molecule has 0 saturated heterocycles. The minimum absolute atomic E-state index is 0.110. The maximum Gasteiger partial charge on any atom is 0.339 e. The summed E-state index contributed by atoms with van der Waals surface area (Å²) in [5.74, 6) is -1.57. The van der Waals surface area contributed by atoms with E-state index in [1.807, 2.05) is 37.3 Å². The van der Waals surface area contributed by atoms with E-state index < -0.39 is 18.0 Å². The number of benzene rings is 2. The van der Waals surface area contributed by atoms with Gasteiger partial charge in [-0.05, 0) is 42.7 Å². The number of carboxylic acids is 1. The SMILES string of the molecule is CC1=Cc2ccccc2C1OC(=O)c1cccc(C(=O)O)c1C. The highest BCUT2D eigenvalue weighted by atomic mass is 16.5. The van der Waals surface area contributed by atoms with Gasteiger partial charge in [0.1, 0.15) is 6.10 Å². The van der Waals surface area contributed by atoms with E-state index in [2.05, 4.69) is 0 Å². The quantitative estimate of drug-likeness (QED) is 0.870. The first-order valence-electron chi connectivity index (χ1n) is 7.30. The Bertz CT molecular complexity index is 833. The number of rotatable bonds is 3. The molecule has 116 valence electrons. The Balaban J connectivity index is 1.91. The van der Waals surface area contributed by atoms with Crippen LogP contribution in [0.3, 0.4) is 0 Å². The highest BCUT2D eigenvalue weighted by molar-refractivity contribution is 5.97. The van der Waals surface area contributed by atoms with Gasteiger partial charge >= 0.3 is 11.9 Å². The van der Waals surface area contributed by atoms with Crippen molar-refractivity contribution >= 4 is 18.0 Å². The van der Waals surface area contributed by atoms with Gasteiger partial charge in [0, 0.05) is 5.56 Å². The van der Waals surface area contributed by atoms with Crippen LogP contribution < -0.4 is 0 Å². The second-order valence-electron chi connectivity index (χ2n) is 5.59. The summed E-state index contributed by atoms with van der Waals surface area (Å²) < 4.78 is 5.65. The topological polar surface area (TPSA) is 63.6 Å². The minimum Gasteiger partial charge on any atom is -0.478 e. The molecule has 1 atom stereocenters. The number of ether oxygens (including phenoxy) is 1. The van der Waals surface area contributed by atoms with Crippen LogP contribution >= 0.6 is 0 Å². The van der Waals surface area contributed by atoms with Crippen molar-refractivity contribution in [2.24, 2.45) is 0 Å². The number of fused-ring (bicyclic) bond motifs is 1. The normalized spacial score (nSPS) is 15.7. The molecule has 1 unspecified atom stereocenters. The number of aromatic carboxylic acids is 1. The van der Waals surface area contributed by atoms with E-state index in [1.165, 1.54) is 6.07 Å². The van der Waals surface area contributed by atoms with Crippen LogP contribution in [0, 0.1) is 6.92 Å². The van der Waals surface area contributed by atoms with Crippen LogP contribution in [0.4, 0.5) is 0 Å². The van der Waals surface area contributed by atoms with Crippen molar-refractivity contribution in [1.82, 2.24) is 0 Å². The fourth-order valence-electron chi connectivity index (χ4n) is 2.86. The lowest BCUT2D eigenvalue weighted by molar-refractivity contribution is 0.0376. The van der Waals surface area contributed by atoms with Gasteiger partial charge in [0.2, 0.25) is 0 Å². The molecule has 4 heteroatoms. The van der Waals surface area contributed by atoms with Crippen LogP contribution in [0.5, 0.6) is 0 Å². The Kier molecular flexibility index (Phi) is 3.74. The van der Waals surface area contributed by atoms with Gasteiger partial charge in [0.05, 0.1) is 11.1 Å². The van der Waals surface area contributed by atoms with Crippen LogP contribution in [0.15, 0.2) is 48.0 Å². The first-order valence-corrected chi connectivity index (χ1v) is 7.30. The number of carboxylic acid groups (broad SMARTS) is 1. The molecule has 0 bridgehead atoms. The van der Waals surface area contributed by atoms with Crippen LogP contribution in [0.25, 0.3) is 6.08 Å². The highest BCUT2D eigenvalue weighted by Gasteiger charge is 2.27. The van der Waals surface area contributed by atoms with Crippen LogP contribution in [0.2, 0.25) is 0 Å². The monoisotopic (exact) mass is 308 g/mol.